The number of fused-ring (bicyclic) bond motifs is 1. The van der Waals surface area contributed by atoms with Crippen molar-refractivity contribution >= 4 is 28.7 Å². The molecule has 4 aromatic rings. The highest BCUT2D eigenvalue weighted by Gasteiger charge is 2.19. The van der Waals surface area contributed by atoms with Crippen LogP contribution in [0.2, 0.25) is 0 Å². The molecule has 2 heterocycles. The van der Waals surface area contributed by atoms with Crippen LogP contribution in [0.5, 0.6) is 0 Å². The first-order valence-corrected chi connectivity index (χ1v) is 11.6. The molecule has 0 saturated heterocycles. The van der Waals surface area contributed by atoms with Gasteiger partial charge < -0.3 is 14.6 Å². The molecule has 1 amide bonds. The highest BCUT2D eigenvalue weighted by molar-refractivity contribution is 7.99. The summed E-state index contributed by atoms with van der Waals surface area (Å²) >= 11 is 1.26. The monoisotopic (exact) mass is 462 g/mol. The number of benzene rings is 2. The second kappa shape index (κ2) is 10.5. The Balaban J connectivity index is 1.63. The Hall–Kier alpha value is -3.36. The number of aryl methyl sites for hydroxylation is 1. The summed E-state index contributed by atoms with van der Waals surface area (Å²) in [5.41, 5.74) is 3.93. The van der Waals surface area contributed by atoms with Crippen LogP contribution in [0.4, 0.5) is 0 Å². The zero-order valence-electron chi connectivity index (χ0n) is 18.7. The van der Waals surface area contributed by atoms with E-state index in [4.69, 9.17) is 9.72 Å². The fourth-order valence-electron chi connectivity index (χ4n) is 3.65. The predicted molar refractivity (Wildman–Crippen MR) is 131 cm³/mol. The van der Waals surface area contributed by atoms with Gasteiger partial charge in [0.15, 0.2) is 5.16 Å². The molecule has 0 spiro atoms. The molecule has 0 aliphatic heterocycles. The Morgan fingerprint density at radius 3 is 2.48 bits per heavy atom. The van der Waals surface area contributed by atoms with Crippen LogP contribution >= 0.6 is 11.8 Å². The van der Waals surface area contributed by atoms with Crippen LogP contribution in [-0.4, -0.2) is 39.5 Å². The van der Waals surface area contributed by atoms with Crippen molar-refractivity contribution in [2.45, 2.75) is 18.2 Å². The van der Waals surface area contributed by atoms with Crippen LogP contribution in [0, 0.1) is 0 Å². The molecule has 7 nitrogen and oxygen atoms in total. The van der Waals surface area contributed by atoms with Crippen LogP contribution in [0.1, 0.15) is 5.56 Å². The standard InChI is InChI=1S/C25H26N4O3S/c1-28-16-20(19-11-7-4-8-12-19)22-23(28)24(31)29(13-14-32-2)25(27-22)33-17-21(30)26-15-18-9-5-3-6-10-18/h3-12,16H,13-15,17H2,1-2H3,(H,26,30). The minimum Gasteiger partial charge on any atom is -0.383 e. The molecule has 33 heavy (non-hydrogen) atoms. The minimum atomic E-state index is -0.145. The number of hydrogen-bond donors (Lipinski definition) is 1. The van der Waals surface area contributed by atoms with Gasteiger partial charge in [-0.2, -0.15) is 0 Å². The number of hydrogen-bond acceptors (Lipinski definition) is 5. The van der Waals surface area contributed by atoms with Gasteiger partial charge in [0.1, 0.15) is 11.0 Å². The number of thioether (sulfide) groups is 1. The molecule has 0 aliphatic carbocycles. The smallest absolute Gasteiger partial charge is 0.278 e. The first-order chi connectivity index (χ1) is 16.1. The van der Waals surface area contributed by atoms with E-state index in [-0.39, 0.29) is 17.2 Å². The van der Waals surface area contributed by atoms with Crippen molar-refractivity contribution < 1.29 is 9.53 Å². The maximum absolute atomic E-state index is 13.4. The summed E-state index contributed by atoms with van der Waals surface area (Å²) in [6.45, 7) is 1.19. The average Bonchev–Trinajstić information content (AvgIpc) is 3.18. The van der Waals surface area contributed by atoms with Crippen molar-refractivity contribution in [2.75, 3.05) is 19.5 Å². The predicted octanol–water partition coefficient (Wildman–Crippen LogP) is 3.46. The van der Waals surface area contributed by atoms with E-state index < -0.39 is 0 Å². The SMILES string of the molecule is COCCn1c(SCC(=O)NCc2ccccc2)nc2c(-c3ccccc3)cn(C)c2c1=O. The number of rotatable bonds is 9. The maximum atomic E-state index is 13.4. The normalized spacial score (nSPS) is 11.1. The molecule has 0 bridgehead atoms. The number of ether oxygens (including phenoxy) is 1. The number of aromatic nitrogens is 3. The van der Waals surface area contributed by atoms with Crippen molar-refractivity contribution in [3.63, 3.8) is 0 Å². The van der Waals surface area contributed by atoms with Gasteiger partial charge in [0.25, 0.3) is 5.56 Å². The van der Waals surface area contributed by atoms with Gasteiger partial charge in [0.2, 0.25) is 5.91 Å². The van der Waals surface area contributed by atoms with E-state index in [2.05, 4.69) is 5.32 Å². The van der Waals surface area contributed by atoms with E-state index >= 15 is 0 Å². The van der Waals surface area contributed by atoms with E-state index in [0.717, 1.165) is 16.7 Å². The third-order valence-electron chi connectivity index (χ3n) is 5.31. The third-order valence-corrected chi connectivity index (χ3v) is 6.29. The number of nitrogens with one attached hydrogen (secondary N) is 1. The van der Waals surface area contributed by atoms with Crippen molar-refractivity contribution in [3.05, 3.63) is 82.8 Å². The molecule has 0 aliphatic rings. The zero-order chi connectivity index (χ0) is 23.2. The van der Waals surface area contributed by atoms with Crippen molar-refractivity contribution in [1.82, 2.24) is 19.4 Å². The van der Waals surface area contributed by atoms with Crippen molar-refractivity contribution in [1.29, 1.82) is 0 Å². The van der Waals surface area contributed by atoms with E-state index in [1.54, 1.807) is 11.7 Å². The lowest BCUT2D eigenvalue weighted by Crippen LogP contribution is -2.28. The molecule has 0 unspecified atom stereocenters. The zero-order valence-corrected chi connectivity index (χ0v) is 19.5. The van der Waals surface area contributed by atoms with Gasteiger partial charge in [0, 0.05) is 32.5 Å². The molecule has 2 aromatic carbocycles. The van der Waals surface area contributed by atoms with Gasteiger partial charge in [-0.1, -0.05) is 72.4 Å². The molecule has 0 saturated carbocycles. The molecule has 0 radical (unpaired) electrons. The van der Waals surface area contributed by atoms with E-state index in [1.165, 1.54) is 11.8 Å². The summed E-state index contributed by atoms with van der Waals surface area (Å²) in [5, 5.41) is 3.42. The van der Waals surface area contributed by atoms with Crippen molar-refractivity contribution in [3.8, 4) is 11.1 Å². The van der Waals surface area contributed by atoms with Gasteiger partial charge in [-0.3, -0.25) is 14.2 Å². The topological polar surface area (TPSA) is 78.2 Å². The molecule has 0 atom stereocenters. The Morgan fingerprint density at radius 1 is 1.09 bits per heavy atom. The van der Waals surface area contributed by atoms with Crippen molar-refractivity contribution in [2.24, 2.45) is 7.05 Å². The number of carbonyl (C=O) groups is 1. The van der Waals surface area contributed by atoms with Crippen LogP contribution in [0.25, 0.3) is 22.2 Å². The molecule has 4 rings (SSSR count). The molecular formula is C25H26N4O3S. The number of methoxy groups -OCH3 is 1. The second-order valence-corrected chi connectivity index (χ2v) is 8.55. The lowest BCUT2D eigenvalue weighted by Gasteiger charge is -2.12. The Morgan fingerprint density at radius 2 is 1.79 bits per heavy atom. The summed E-state index contributed by atoms with van der Waals surface area (Å²) in [6.07, 6.45) is 1.93. The van der Waals surface area contributed by atoms with Gasteiger partial charge in [-0.25, -0.2) is 4.98 Å². The summed E-state index contributed by atoms with van der Waals surface area (Å²) in [7, 11) is 3.44. The average molecular weight is 463 g/mol. The fourth-order valence-corrected chi connectivity index (χ4v) is 4.49. The lowest BCUT2D eigenvalue weighted by molar-refractivity contribution is -0.118. The summed E-state index contributed by atoms with van der Waals surface area (Å²) in [4.78, 5) is 30.7. The molecule has 8 heteroatoms. The molecular weight excluding hydrogens is 436 g/mol. The largest absolute Gasteiger partial charge is 0.383 e. The number of carbonyl (C=O) groups excluding carboxylic acids is 1. The summed E-state index contributed by atoms with van der Waals surface area (Å²) in [5.74, 6) is 0.0403. The fraction of sp³-hybridized carbons (Fsp3) is 0.240. The highest BCUT2D eigenvalue weighted by Crippen LogP contribution is 2.29. The van der Waals surface area contributed by atoms with Gasteiger partial charge in [-0.05, 0) is 11.1 Å². The molecule has 1 N–H and O–H groups in total. The summed E-state index contributed by atoms with van der Waals surface area (Å²) in [6, 6.07) is 19.6. The maximum Gasteiger partial charge on any atom is 0.278 e. The first-order valence-electron chi connectivity index (χ1n) is 10.7. The molecule has 0 fully saturated rings. The third kappa shape index (κ3) is 5.18. The summed E-state index contributed by atoms with van der Waals surface area (Å²) < 4.78 is 8.61. The lowest BCUT2D eigenvalue weighted by atomic mass is 10.1. The van der Waals surface area contributed by atoms with Gasteiger partial charge in [-0.15, -0.1) is 0 Å². The number of amides is 1. The van der Waals surface area contributed by atoms with E-state index in [9.17, 15) is 9.59 Å². The second-order valence-electron chi connectivity index (χ2n) is 7.61. The molecule has 2 aromatic heterocycles. The Bertz CT molecular complexity index is 1300. The van der Waals surface area contributed by atoms with Crippen LogP contribution in [-0.2, 0) is 29.7 Å². The van der Waals surface area contributed by atoms with Gasteiger partial charge >= 0.3 is 0 Å². The van der Waals surface area contributed by atoms with Gasteiger partial charge in [0.05, 0.1) is 18.9 Å². The molecule has 170 valence electrons. The van der Waals surface area contributed by atoms with E-state index in [0.29, 0.717) is 35.9 Å². The van der Waals surface area contributed by atoms with Crippen LogP contribution < -0.4 is 10.9 Å². The quantitative estimate of drug-likeness (QED) is 0.305. The highest BCUT2D eigenvalue weighted by atomic mass is 32.2. The Kier molecular flexibility index (Phi) is 7.26. The minimum absolute atomic E-state index is 0.118. The first kappa shape index (κ1) is 22.8. The van der Waals surface area contributed by atoms with E-state index in [1.807, 2.05) is 78.5 Å². The number of nitrogens with zero attached hydrogens (tertiary/aromatic N) is 3. The Labute approximate surface area is 196 Å². The van der Waals surface area contributed by atoms with Crippen LogP contribution in [0.3, 0.4) is 0 Å². The van der Waals surface area contributed by atoms with Crippen LogP contribution in [0.15, 0.2) is 76.8 Å².